The monoisotopic (exact) mass is 305 g/mol. The minimum absolute atomic E-state index is 0.282. The average Bonchev–Trinajstić information content (AvgIpc) is 2.78. The van der Waals surface area contributed by atoms with E-state index in [2.05, 4.69) is 38.2 Å². The van der Waals surface area contributed by atoms with Crippen molar-refractivity contribution in [2.45, 2.75) is 26.8 Å². The van der Waals surface area contributed by atoms with E-state index in [0.717, 1.165) is 11.4 Å². The molecule has 1 aromatic carbocycles. The van der Waals surface area contributed by atoms with Crippen LogP contribution in [0.2, 0.25) is 0 Å². The summed E-state index contributed by atoms with van der Waals surface area (Å²) >= 11 is 1.85. The van der Waals surface area contributed by atoms with Crippen molar-refractivity contribution in [3.8, 4) is 5.75 Å². The average molecular weight is 305 g/mol. The molecule has 1 N–H and O–H groups in total. The zero-order valence-corrected chi connectivity index (χ0v) is 13.9. The van der Waals surface area contributed by atoms with Crippen molar-refractivity contribution in [3.05, 3.63) is 45.6 Å². The first-order chi connectivity index (χ1) is 10.1. The van der Waals surface area contributed by atoms with Crippen LogP contribution in [-0.2, 0) is 4.74 Å². The van der Waals surface area contributed by atoms with Crippen molar-refractivity contribution >= 4 is 17.0 Å². The van der Waals surface area contributed by atoms with Gasteiger partial charge in [-0.25, -0.2) is 0 Å². The van der Waals surface area contributed by atoms with Gasteiger partial charge in [0.25, 0.3) is 0 Å². The van der Waals surface area contributed by atoms with Gasteiger partial charge in [-0.15, -0.1) is 11.3 Å². The van der Waals surface area contributed by atoms with Gasteiger partial charge in [-0.05, 0) is 44.5 Å². The highest BCUT2D eigenvalue weighted by molar-refractivity contribution is 7.12. The number of benzene rings is 1. The summed E-state index contributed by atoms with van der Waals surface area (Å²) in [6.07, 6.45) is 0. The molecule has 2 aromatic rings. The second-order valence-electron chi connectivity index (χ2n) is 5.10. The van der Waals surface area contributed by atoms with Gasteiger partial charge in [-0.1, -0.05) is 6.07 Å². The van der Waals surface area contributed by atoms with Crippen molar-refractivity contribution in [2.24, 2.45) is 0 Å². The van der Waals surface area contributed by atoms with Crippen molar-refractivity contribution in [1.82, 2.24) is 0 Å². The molecular formula is C17H23NO2S. The van der Waals surface area contributed by atoms with Gasteiger partial charge < -0.3 is 14.8 Å². The van der Waals surface area contributed by atoms with Crippen LogP contribution in [0.3, 0.4) is 0 Å². The molecule has 3 nitrogen and oxygen atoms in total. The fourth-order valence-electron chi connectivity index (χ4n) is 2.33. The summed E-state index contributed by atoms with van der Waals surface area (Å²) in [5.41, 5.74) is 2.43. The molecule has 114 valence electrons. The molecule has 1 atom stereocenters. The Morgan fingerprint density at radius 2 is 2.00 bits per heavy atom. The molecule has 1 heterocycles. The Kier molecular flexibility index (Phi) is 5.65. The fraction of sp³-hybridized carbons (Fsp3) is 0.412. The molecule has 2 rings (SSSR count). The van der Waals surface area contributed by atoms with Crippen LogP contribution in [0.25, 0.3) is 0 Å². The molecule has 1 aromatic heterocycles. The Labute approximate surface area is 130 Å². The van der Waals surface area contributed by atoms with E-state index in [9.17, 15) is 0 Å². The standard InChI is InChI=1S/C17H23NO2S/c1-12-10-17(14(3)21-12)13(2)18-15-6-5-7-16(11-15)20-9-8-19-4/h5-7,10-11,13,18H,8-9H2,1-4H3. The smallest absolute Gasteiger partial charge is 0.121 e. The lowest BCUT2D eigenvalue weighted by Crippen LogP contribution is -2.07. The van der Waals surface area contributed by atoms with Gasteiger partial charge in [0, 0.05) is 34.7 Å². The molecule has 0 bridgehead atoms. The van der Waals surface area contributed by atoms with E-state index in [1.165, 1.54) is 15.3 Å². The minimum atomic E-state index is 0.282. The second-order valence-corrected chi connectivity index (χ2v) is 6.56. The SMILES string of the molecule is COCCOc1cccc(NC(C)c2cc(C)sc2C)c1. The van der Waals surface area contributed by atoms with E-state index in [0.29, 0.717) is 13.2 Å². The molecule has 0 spiro atoms. The summed E-state index contributed by atoms with van der Waals surface area (Å²) in [7, 11) is 1.67. The molecule has 1 unspecified atom stereocenters. The predicted molar refractivity (Wildman–Crippen MR) is 89.6 cm³/mol. The van der Waals surface area contributed by atoms with Crippen molar-refractivity contribution in [3.63, 3.8) is 0 Å². The van der Waals surface area contributed by atoms with E-state index in [1.54, 1.807) is 7.11 Å². The Balaban J connectivity index is 2.02. The molecular weight excluding hydrogens is 282 g/mol. The summed E-state index contributed by atoms with van der Waals surface area (Å²) < 4.78 is 10.6. The third-order valence-corrected chi connectivity index (χ3v) is 4.30. The van der Waals surface area contributed by atoms with E-state index in [1.807, 2.05) is 29.5 Å². The molecule has 0 aliphatic heterocycles. The minimum Gasteiger partial charge on any atom is -0.491 e. The number of methoxy groups -OCH3 is 1. The lowest BCUT2D eigenvalue weighted by Gasteiger charge is -2.16. The zero-order chi connectivity index (χ0) is 15.2. The highest BCUT2D eigenvalue weighted by atomic mass is 32.1. The van der Waals surface area contributed by atoms with E-state index >= 15 is 0 Å². The number of thiophene rings is 1. The molecule has 0 saturated carbocycles. The van der Waals surface area contributed by atoms with Crippen LogP contribution < -0.4 is 10.1 Å². The van der Waals surface area contributed by atoms with Gasteiger partial charge in [0.2, 0.25) is 0 Å². The second kappa shape index (κ2) is 7.48. The fourth-order valence-corrected chi connectivity index (χ4v) is 3.35. The molecule has 0 amide bonds. The summed E-state index contributed by atoms with van der Waals surface area (Å²) in [4.78, 5) is 2.73. The Morgan fingerprint density at radius 3 is 2.67 bits per heavy atom. The van der Waals surface area contributed by atoms with E-state index < -0.39 is 0 Å². The van der Waals surface area contributed by atoms with Crippen LogP contribution in [0, 0.1) is 13.8 Å². The topological polar surface area (TPSA) is 30.5 Å². The Bertz CT molecular complexity index is 580. The lowest BCUT2D eigenvalue weighted by atomic mass is 10.1. The van der Waals surface area contributed by atoms with Gasteiger partial charge in [0.15, 0.2) is 0 Å². The van der Waals surface area contributed by atoms with Gasteiger partial charge in [0.1, 0.15) is 12.4 Å². The van der Waals surface area contributed by atoms with E-state index in [-0.39, 0.29) is 6.04 Å². The van der Waals surface area contributed by atoms with Gasteiger partial charge in [0.05, 0.1) is 6.61 Å². The third kappa shape index (κ3) is 4.48. The molecule has 0 fully saturated rings. The molecule has 0 radical (unpaired) electrons. The Morgan fingerprint density at radius 1 is 1.19 bits per heavy atom. The van der Waals surface area contributed by atoms with Gasteiger partial charge in [-0.3, -0.25) is 0 Å². The normalized spacial score (nSPS) is 12.2. The van der Waals surface area contributed by atoms with Gasteiger partial charge >= 0.3 is 0 Å². The number of nitrogens with one attached hydrogen (secondary N) is 1. The lowest BCUT2D eigenvalue weighted by molar-refractivity contribution is 0.146. The maximum atomic E-state index is 5.64. The number of rotatable bonds is 7. The first-order valence-electron chi connectivity index (χ1n) is 7.15. The van der Waals surface area contributed by atoms with Crippen LogP contribution in [0.1, 0.15) is 28.3 Å². The number of hydrogen-bond acceptors (Lipinski definition) is 4. The van der Waals surface area contributed by atoms with Crippen LogP contribution >= 0.6 is 11.3 Å². The highest BCUT2D eigenvalue weighted by Gasteiger charge is 2.11. The van der Waals surface area contributed by atoms with Crippen LogP contribution in [-0.4, -0.2) is 20.3 Å². The summed E-state index contributed by atoms with van der Waals surface area (Å²) in [5.74, 6) is 0.863. The molecule has 0 saturated heterocycles. The van der Waals surface area contributed by atoms with Crippen LogP contribution in [0.4, 0.5) is 5.69 Å². The predicted octanol–water partition coefficient (Wildman–Crippen LogP) is 4.56. The third-order valence-electron chi connectivity index (χ3n) is 3.32. The maximum absolute atomic E-state index is 5.64. The van der Waals surface area contributed by atoms with Crippen molar-refractivity contribution in [2.75, 3.05) is 25.6 Å². The number of anilines is 1. The van der Waals surface area contributed by atoms with Gasteiger partial charge in [-0.2, -0.15) is 0 Å². The first-order valence-corrected chi connectivity index (χ1v) is 7.97. The molecule has 21 heavy (non-hydrogen) atoms. The molecule has 0 aliphatic rings. The first kappa shape index (κ1) is 15.9. The van der Waals surface area contributed by atoms with Crippen molar-refractivity contribution in [1.29, 1.82) is 0 Å². The number of aryl methyl sites for hydroxylation is 2. The number of hydrogen-bond donors (Lipinski definition) is 1. The zero-order valence-electron chi connectivity index (χ0n) is 13.1. The largest absolute Gasteiger partial charge is 0.491 e. The Hall–Kier alpha value is -1.52. The molecule has 0 aliphatic carbocycles. The summed E-state index contributed by atoms with van der Waals surface area (Å²) in [6.45, 7) is 7.68. The van der Waals surface area contributed by atoms with Crippen LogP contribution in [0.15, 0.2) is 30.3 Å². The van der Waals surface area contributed by atoms with E-state index in [4.69, 9.17) is 9.47 Å². The summed E-state index contributed by atoms with van der Waals surface area (Å²) in [6, 6.07) is 10.6. The quantitative estimate of drug-likeness (QED) is 0.760. The molecule has 4 heteroatoms. The maximum Gasteiger partial charge on any atom is 0.121 e. The van der Waals surface area contributed by atoms with Crippen LogP contribution in [0.5, 0.6) is 5.75 Å². The van der Waals surface area contributed by atoms with Crippen molar-refractivity contribution < 1.29 is 9.47 Å². The highest BCUT2D eigenvalue weighted by Crippen LogP contribution is 2.29. The summed E-state index contributed by atoms with van der Waals surface area (Å²) in [5, 5.41) is 3.54. The number of ether oxygens (including phenoxy) is 2.